The Hall–Kier alpha value is -3.03. The molecule has 0 aromatic heterocycles. The number of benzene rings is 1. The summed E-state index contributed by atoms with van der Waals surface area (Å²) in [6.45, 7) is 13.2. The van der Waals surface area contributed by atoms with Gasteiger partial charge in [-0.2, -0.15) is 15.8 Å². The van der Waals surface area contributed by atoms with Crippen LogP contribution in [0.5, 0.6) is 0 Å². The summed E-state index contributed by atoms with van der Waals surface area (Å²) in [4.78, 5) is 0. The van der Waals surface area contributed by atoms with E-state index in [1.807, 2.05) is 12.1 Å². The van der Waals surface area contributed by atoms with Gasteiger partial charge in [0.2, 0.25) is 0 Å². The number of hydrogen-bond donors (Lipinski definition) is 1. The lowest BCUT2D eigenvalue weighted by Crippen LogP contribution is -2.44. The van der Waals surface area contributed by atoms with E-state index in [1.165, 1.54) is 5.56 Å². The standard InChI is InChI=1S/C27H32N4/c1-25(2,3)18-9-7-17(8-10-18)23-21-13-19(26(4,5)6)11-12-20(21)22(14-28)24(31)27(23,15-29)16-30/h7-10,12,19,21,23H,11,13,31H2,1-6H3. The predicted octanol–water partition coefficient (Wildman–Crippen LogP) is 5.85. The summed E-state index contributed by atoms with van der Waals surface area (Å²) >= 11 is 0. The Morgan fingerprint density at radius 3 is 2.00 bits per heavy atom. The number of hydrogen-bond acceptors (Lipinski definition) is 4. The lowest BCUT2D eigenvalue weighted by molar-refractivity contribution is 0.170. The molecule has 160 valence electrons. The monoisotopic (exact) mass is 412 g/mol. The van der Waals surface area contributed by atoms with Crippen molar-refractivity contribution in [2.45, 2.75) is 65.7 Å². The van der Waals surface area contributed by atoms with Crippen molar-refractivity contribution in [2.75, 3.05) is 0 Å². The first-order valence-electron chi connectivity index (χ1n) is 10.9. The molecule has 0 aliphatic heterocycles. The highest BCUT2D eigenvalue weighted by Crippen LogP contribution is 2.57. The molecule has 0 saturated heterocycles. The third-order valence-corrected chi connectivity index (χ3v) is 7.24. The number of nitriles is 3. The van der Waals surface area contributed by atoms with Gasteiger partial charge < -0.3 is 5.73 Å². The second kappa shape index (κ2) is 7.59. The zero-order valence-corrected chi connectivity index (χ0v) is 19.5. The number of allylic oxidation sites excluding steroid dienone is 4. The quantitative estimate of drug-likeness (QED) is 0.625. The highest BCUT2D eigenvalue weighted by molar-refractivity contribution is 5.59. The number of nitrogens with two attached hydrogens (primary N) is 1. The van der Waals surface area contributed by atoms with Gasteiger partial charge in [-0.05, 0) is 52.2 Å². The molecule has 0 heterocycles. The fourth-order valence-corrected chi connectivity index (χ4v) is 5.16. The summed E-state index contributed by atoms with van der Waals surface area (Å²) in [5.41, 5.74) is 8.41. The van der Waals surface area contributed by atoms with Gasteiger partial charge in [0, 0.05) is 5.92 Å². The van der Waals surface area contributed by atoms with Crippen LogP contribution < -0.4 is 5.73 Å². The van der Waals surface area contributed by atoms with Crippen molar-refractivity contribution in [2.24, 2.45) is 28.4 Å². The Morgan fingerprint density at radius 1 is 0.968 bits per heavy atom. The van der Waals surface area contributed by atoms with E-state index >= 15 is 0 Å². The van der Waals surface area contributed by atoms with E-state index < -0.39 is 11.3 Å². The first kappa shape index (κ1) is 22.7. The first-order chi connectivity index (χ1) is 14.4. The van der Waals surface area contributed by atoms with Crippen LogP contribution in [0.15, 0.2) is 47.2 Å². The van der Waals surface area contributed by atoms with E-state index in [0.717, 1.165) is 24.0 Å². The summed E-state index contributed by atoms with van der Waals surface area (Å²) in [5, 5.41) is 30.4. The average molecular weight is 413 g/mol. The zero-order valence-electron chi connectivity index (χ0n) is 19.5. The molecule has 0 spiro atoms. The normalized spacial score (nSPS) is 25.5. The maximum Gasteiger partial charge on any atom is 0.191 e. The molecule has 3 rings (SSSR count). The van der Waals surface area contributed by atoms with E-state index in [1.54, 1.807) is 0 Å². The molecule has 0 fully saturated rings. The van der Waals surface area contributed by atoms with Gasteiger partial charge >= 0.3 is 0 Å². The van der Waals surface area contributed by atoms with Crippen LogP contribution in [0.25, 0.3) is 0 Å². The Kier molecular flexibility index (Phi) is 5.54. The summed E-state index contributed by atoms with van der Waals surface area (Å²) in [6, 6.07) is 14.9. The van der Waals surface area contributed by atoms with Gasteiger partial charge in [-0.15, -0.1) is 0 Å². The summed E-state index contributed by atoms with van der Waals surface area (Å²) in [7, 11) is 0. The zero-order chi connectivity index (χ0) is 23.2. The second-order valence-corrected chi connectivity index (χ2v) is 11.1. The lowest BCUT2D eigenvalue weighted by atomic mass is 9.54. The molecule has 0 amide bonds. The topological polar surface area (TPSA) is 97.4 Å². The van der Waals surface area contributed by atoms with Gasteiger partial charge in [0.15, 0.2) is 5.41 Å². The molecule has 31 heavy (non-hydrogen) atoms. The van der Waals surface area contributed by atoms with Crippen LogP contribution in [0, 0.1) is 56.7 Å². The third-order valence-electron chi connectivity index (χ3n) is 7.24. The van der Waals surface area contributed by atoms with Crippen LogP contribution in [0.3, 0.4) is 0 Å². The summed E-state index contributed by atoms with van der Waals surface area (Å²) < 4.78 is 0. The maximum absolute atomic E-state index is 10.2. The molecular weight excluding hydrogens is 380 g/mol. The molecule has 3 unspecified atom stereocenters. The predicted molar refractivity (Wildman–Crippen MR) is 122 cm³/mol. The van der Waals surface area contributed by atoms with Crippen molar-refractivity contribution in [3.05, 3.63) is 58.3 Å². The Labute approximate surface area is 186 Å². The van der Waals surface area contributed by atoms with Crippen LogP contribution in [0.2, 0.25) is 0 Å². The van der Waals surface area contributed by atoms with Gasteiger partial charge in [0.25, 0.3) is 0 Å². The van der Waals surface area contributed by atoms with Crippen molar-refractivity contribution in [3.8, 4) is 18.2 Å². The van der Waals surface area contributed by atoms with E-state index in [9.17, 15) is 15.8 Å². The number of nitrogens with zero attached hydrogens (tertiary/aromatic N) is 3. The molecule has 0 radical (unpaired) electrons. The number of fused-ring (bicyclic) bond motifs is 1. The minimum absolute atomic E-state index is 0.00673. The smallest absolute Gasteiger partial charge is 0.191 e. The van der Waals surface area contributed by atoms with Crippen molar-refractivity contribution >= 4 is 0 Å². The van der Waals surface area contributed by atoms with Crippen molar-refractivity contribution in [3.63, 3.8) is 0 Å². The van der Waals surface area contributed by atoms with Crippen molar-refractivity contribution in [1.82, 2.24) is 0 Å². The Bertz CT molecular complexity index is 1040. The Morgan fingerprint density at radius 2 is 1.55 bits per heavy atom. The van der Waals surface area contributed by atoms with E-state index in [2.05, 4.69) is 78.0 Å². The molecule has 1 aromatic rings. The molecule has 2 N–H and O–H groups in total. The van der Waals surface area contributed by atoms with Crippen molar-refractivity contribution < 1.29 is 0 Å². The molecule has 4 heteroatoms. The van der Waals surface area contributed by atoms with E-state index in [4.69, 9.17) is 5.73 Å². The van der Waals surface area contributed by atoms with Gasteiger partial charge in [-0.1, -0.05) is 71.9 Å². The molecule has 2 aliphatic rings. The molecule has 0 bridgehead atoms. The summed E-state index contributed by atoms with van der Waals surface area (Å²) in [5.74, 6) is -0.114. The molecule has 0 saturated carbocycles. The van der Waals surface area contributed by atoms with Crippen LogP contribution in [0.1, 0.15) is 71.4 Å². The minimum atomic E-state index is -1.56. The minimum Gasteiger partial charge on any atom is -0.399 e. The van der Waals surface area contributed by atoms with E-state index in [0.29, 0.717) is 11.5 Å². The highest BCUT2D eigenvalue weighted by atomic mass is 14.7. The molecule has 2 aliphatic carbocycles. The molecule has 1 aromatic carbocycles. The first-order valence-corrected chi connectivity index (χ1v) is 10.9. The van der Waals surface area contributed by atoms with Gasteiger partial charge in [-0.25, -0.2) is 0 Å². The van der Waals surface area contributed by atoms with Crippen molar-refractivity contribution in [1.29, 1.82) is 15.8 Å². The largest absolute Gasteiger partial charge is 0.399 e. The number of rotatable bonds is 1. The average Bonchev–Trinajstić information content (AvgIpc) is 2.71. The Balaban J connectivity index is 2.26. The van der Waals surface area contributed by atoms with E-state index in [-0.39, 0.29) is 22.4 Å². The maximum atomic E-state index is 10.2. The highest BCUT2D eigenvalue weighted by Gasteiger charge is 2.55. The SMILES string of the molecule is CC(C)(C)c1ccc(C2C3CC(C(C)(C)C)CC=C3C(C#N)=C(N)C2(C#N)C#N)cc1. The molecule has 3 atom stereocenters. The van der Waals surface area contributed by atoms with Gasteiger partial charge in [0.1, 0.15) is 6.07 Å². The molecular formula is C27H32N4. The second-order valence-electron chi connectivity index (χ2n) is 11.1. The fraction of sp³-hybridized carbons (Fsp3) is 0.519. The lowest BCUT2D eigenvalue weighted by Gasteiger charge is -2.47. The third kappa shape index (κ3) is 3.64. The van der Waals surface area contributed by atoms with Crippen LogP contribution in [-0.2, 0) is 5.41 Å². The van der Waals surface area contributed by atoms with Crippen LogP contribution >= 0.6 is 0 Å². The van der Waals surface area contributed by atoms with Crippen LogP contribution in [0.4, 0.5) is 0 Å². The summed E-state index contributed by atoms with van der Waals surface area (Å²) in [6.07, 6.45) is 3.82. The van der Waals surface area contributed by atoms with Gasteiger partial charge in [0.05, 0.1) is 23.4 Å². The van der Waals surface area contributed by atoms with Crippen LogP contribution in [-0.4, -0.2) is 0 Å². The fourth-order valence-electron chi connectivity index (χ4n) is 5.16. The van der Waals surface area contributed by atoms with Gasteiger partial charge in [-0.3, -0.25) is 0 Å². The molecule has 4 nitrogen and oxygen atoms in total.